The molecular weight excluding hydrogens is 283 g/mol. The highest BCUT2D eigenvalue weighted by Gasteiger charge is 2.12. The summed E-state index contributed by atoms with van der Waals surface area (Å²) in [7, 11) is 0. The summed E-state index contributed by atoms with van der Waals surface area (Å²) in [5, 5.41) is 3.60. The van der Waals surface area contributed by atoms with Gasteiger partial charge in [-0.25, -0.2) is 0 Å². The molecule has 3 nitrogen and oxygen atoms in total. The van der Waals surface area contributed by atoms with Gasteiger partial charge in [-0.1, -0.05) is 29.3 Å². The summed E-state index contributed by atoms with van der Waals surface area (Å²) in [6.45, 7) is 7.53. The van der Waals surface area contributed by atoms with E-state index in [0.717, 1.165) is 39.4 Å². The van der Waals surface area contributed by atoms with Crippen LogP contribution >= 0.6 is 23.2 Å². The maximum Gasteiger partial charge on any atom is 0.101 e. The van der Waals surface area contributed by atoms with Crippen LogP contribution in [-0.2, 0) is 11.3 Å². The van der Waals surface area contributed by atoms with Crippen molar-refractivity contribution in [1.82, 2.24) is 0 Å². The number of quaternary nitrogens is 2. The second-order valence-electron chi connectivity index (χ2n) is 5.00. The summed E-state index contributed by atoms with van der Waals surface area (Å²) in [6.07, 6.45) is 1.25. The smallest absolute Gasteiger partial charge is 0.101 e. The van der Waals surface area contributed by atoms with E-state index in [1.807, 2.05) is 18.2 Å². The number of hydrogen-bond donors (Lipinski definition) is 2. The minimum atomic E-state index is 0.626. The van der Waals surface area contributed by atoms with Crippen LogP contribution in [0, 0.1) is 0 Å². The fourth-order valence-corrected chi connectivity index (χ4v) is 2.66. The zero-order valence-corrected chi connectivity index (χ0v) is 12.6. The third kappa shape index (κ3) is 5.28. The van der Waals surface area contributed by atoms with Gasteiger partial charge in [0.05, 0.1) is 36.3 Å². The normalized spacial score (nSPS) is 16.7. The van der Waals surface area contributed by atoms with Crippen LogP contribution in [0.25, 0.3) is 0 Å². The lowest BCUT2D eigenvalue weighted by Gasteiger charge is -2.23. The van der Waals surface area contributed by atoms with Gasteiger partial charge in [0.2, 0.25) is 0 Å². The first kappa shape index (κ1) is 15.1. The predicted octanol–water partition coefficient (Wildman–Crippen LogP) is 0.362. The molecule has 1 aromatic carbocycles. The second-order valence-corrected chi connectivity index (χ2v) is 5.81. The lowest BCUT2D eigenvalue weighted by atomic mass is 10.2. The molecule has 0 aliphatic carbocycles. The molecule has 1 aliphatic rings. The molecule has 2 rings (SSSR count). The number of hydrogen-bond acceptors (Lipinski definition) is 1. The highest BCUT2D eigenvalue weighted by molar-refractivity contribution is 6.41. The quantitative estimate of drug-likeness (QED) is 0.731. The molecule has 1 heterocycles. The molecule has 106 valence electrons. The average molecular weight is 305 g/mol. The lowest BCUT2D eigenvalue weighted by Crippen LogP contribution is -3.14. The molecule has 1 aromatic rings. The number of morpholine rings is 1. The topological polar surface area (TPSA) is 30.3 Å². The molecular formula is C14H22Cl2N2O+2. The summed E-state index contributed by atoms with van der Waals surface area (Å²) >= 11 is 11.9. The van der Waals surface area contributed by atoms with Gasteiger partial charge in [0.1, 0.15) is 19.6 Å². The Kier molecular flexibility index (Phi) is 6.41. The molecule has 0 atom stereocenters. The van der Waals surface area contributed by atoms with E-state index in [1.165, 1.54) is 18.5 Å². The Hall–Kier alpha value is -0.320. The van der Waals surface area contributed by atoms with Crippen LogP contribution in [0.1, 0.15) is 12.0 Å². The van der Waals surface area contributed by atoms with Crippen molar-refractivity contribution >= 4 is 23.2 Å². The van der Waals surface area contributed by atoms with E-state index < -0.39 is 0 Å². The van der Waals surface area contributed by atoms with Crippen LogP contribution in [0.5, 0.6) is 0 Å². The van der Waals surface area contributed by atoms with Gasteiger partial charge in [-0.2, -0.15) is 0 Å². The van der Waals surface area contributed by atoms with Crippen LogP contribution in [0.2, 0.25) is 10.0 Å². The molecule has 1 aliphatic heterocycles. The van der Waals surface area contributed by atoms with Gasteiger partial charge in [-0.15, -0.1) is 0 Å². The molecule has 0 unspecified atom stereocenters. The lowest BCUT2D eigenvalue weighted by molar-refractivity contribution is -0.909. The van der Waals surface area contributed by atoms with Crippen molar-refractivity contribution in [3.63, 3.8) is 0 Å². The zero-order chi connectivity index (χ0) is 13.5. The highest BCUT2D eigenvalue weighted by Crippen LogP contribution is 2.21. The Morgan fingerprint density at radius 1 is 1.16 bits per heavy atom. The molecule has 1 fully saturated rings. The minimum Gasteiger partial charge on any atom is -0.370 e. The van der Waals surface area contributed by atoms with Crippen LogP contribution < -0.4 is 10.2 Å². The van der Waals surface area contributed by atoms with Gasteiger partial charge in [0, 0.05) is 12.0 Å². The van der Waals surface area contributed by atoms with Crippen molar-refractivity contribution in [1.29, 1.82) is 0 Å². The van der Waals surface area contributed by atoms with Crippen molar-refractivity contribution in [2.75, 3.05) is 39.4 Å². The summed E-state index contributed by atoms with van der Waals surface area (Å²) in [5.74, 6) is 0. The summed E-state index contributed by atoms with van der Waals surface area (Å²) in [6, 6.07) is 5.86. The van der Waals surface area contributed by atoms with E-state index in [-0.39, 0.29) is 0 Å². The summed E-state index contributed by atoms with van der Waals surface area (Å²) in [4.78, 5) is 1.68. The van der Waals surface area contributed by atoms with E-state index in [2.05, 4.69) is 5.32 Å². The van der Waals surface area contributed by atoms with Gasteiger partial charge in [-0.05, 0) is 12.1 Å². The van der Waals surface area contributed by atoms with E-state index in [1.54, 1.807) is 4.90 Å². The van der Waals surface area contributed by atoms with Crippen LogP contribution in [0.3, 0.4) is 0 Å². The molecule has 0 spiro atoms. The third-order valence-corrected chi connectivity index (χ3v) is 4.24. The first-order valence-corrected chi connectivity index (χ1v) is 7.68. The number of halogens is 2. The Labute approximate surface area is 124 Å². The Bertz CT molecular complexity index is 395. The molecule has 19 heavy (non-hydrogen) atoms. The molecule has 0 aromatic heterocycles. The van der Waals surface area contributed by atoms with E-state index in [4.69, 9.17) is 27.9 Å². The predicted molar refractivity (Wildman–Crippen MR) is 78.0 cm³/mol. The Balaban J connectivity index is 1.59. The molecule has 0 bridgehead atoms. The molecule has 5 heteroatoms. The number of nitrogens with two attached hydrogens (primary N) is 1. The van der Waals surface area contributed by atoms with Gasteiger partial charge in [0.15, 0.2) is 0 Å². The maximum atomic E-state index is 5.99. The third-order valence-electron chi connectivity index (χ3n) is 3.50. The summed E-state index contributed by atoms with van der Waals surface area (Å²) in [5.41, 5.74) is 1.23. The largest absolute Gasteiger partial charge is 0.370 e. The first-order valence-electron chi connectivity index (χ1n) is 6.92. The van der Waals surface area contributed by atoms with Crippen LogP contribution in [-0.4, -0.2) is 39.4 Å². The van der Waals surface area contributed by atoms with Crippen molar-refractivity contribution in [3.8, 4) is 0 Å². The Morgan fingerprint density at radius 2 is 1.95 bits per heavy atom. The second kappa shape index (κ2) is 8.08. The number of nitrogens with one attached hydrogen (secondary N) is 1. The van der Waals surface area contributed by atoms with Crippen molar-refractivity contribution in [2.45, 2.75) is 13.0 Å². The highest BCUT2D eigenvalue weighted by atomic mass is 35.5. The number of ether oxygens (including phenoxy) is 1. The van der Waals surface area contributed by atoms with Crippen molar-refractivity contribution in [2.24, 2.45) is 0 Å². The molecule has 0 radical (unpaired) electrons. The standard InChI is InChI=1S/C14H20Cl2N2O/c15-13-3-2-12(10-14(13)16)11-17-4-1-5-18-6-8-19-9-7-18/h2-3,10,17H,1,4-9,11H2/p+2. The molecule has 0 saturated carbocycles. The molecule has 1 saturated heterocycles. The average Bonchev–Trinajstić information content (AvgIpc) is 2.43. The zero-order valence-electron chi connectivity index (χ0n) is 11.1. The van der Waals surface area contributed by atoms with Gasteiger partial charge in [0.25, 0.3) is 0 Å². The first-order chi connectivity index (χ1) is 9.25. The minimum absolute atomic E-state index is 0.626. The monoisotopic (exact) mass is 304 g/mol. The maximum absolute atomic E-state index is 5.99. The molecule has 0 amide bonds. The van der Waals surface area contributed by atoms with E-state index in [0.29, 0.717) is 10.0 Å². The van der Waals surface area contributed by atoms with Crippen molar-refractivity contribution < 1.29 is 15.0 Å². The van der Waals surface area contributed by atoms with E-state index in [9.17, 15) is 0 Å². The van der Waals surface area contributed by atoms with Crippen LogP contribution in [0.15, 0.2) is 18.2 Å². The van der Waals surface area contributed by atoms with Gasteiger partial charge in [-0.3, -0.25) is 0 Å². The molecule has 3 N–H and O–H groups in total. The van der Waals surface area contributed by atoms with Gasteiger partial charge < -0.3 is 15.0 Å². The van der Waals surface area contributed by atoms with E-state index >= 15 is 0 Å². The fourth-order valence-electron chi connectivity index (χ4n) is 2.34. The fraction of sp³-hybridized carbons (Fsp3) is 0.571. The summed E-state index contributed by atoms with van der Waals surface area (Å²) < 4.78 is 5.35. The Morgan fingerprint density at radius 3 is 2.68 bits per heavy atom. The SMILES string of the molecule is Clc1ccc(C[NH2+]CCC[NH+]2CCOCC2)cc1Cl. The number of benzene rings is 1. The van der Waals surface area contributed by atoms with Crippen LogP contribution in [0.4, 0.5) is 0 Å². The van der Waals surface area contributed by atoms with Crippen molar-refractivity contribution in [3.05, 3.63) is 33.8 Å². The number of rotatable bonds is 6. The van der Waals surface area contributed by atoms with Gasteiger partial charge >= 0.3 is 0 Å².